The Kier molecular flexibility index (Phi) is 3.49. The van der Waals surface area contributed by atoms with Gasteiger partial charge in [0, 0.05) is 13.1 Å². The molecule has 1 nitrogen and oxygen atoms in total. The lowest BCUT2D eigenvalue weighted by atomic mass is 11.1. The van der Waals surface area contributed by atoms with Crippen molar-refractivity contribution in [3.05, 3.63) is 0 Å². The summed E-state index contributed by atoms with van der Waals surface area (Å²) in [6, 6.07) is 2.48. The quantitative estimate of drug-likeness (QED) is 0.242. The first-order valence-corrected chi connectivity index (χ1v) is 1.67. The average molecular weight is 87.1 g/mol. The van der Waals surface area contributed by atoms with Crippen LogP contribution >= 0.6 is 12.6 Å². The summed E-state index contributed by atoms with van der Waals surface area (Å²) in [5.41, 5.74) is 0. The van der Waals surface area contributed by atoms with Crippen LogP contribution in [-0.4, -0.2) is 7.05 Å². The van der Waals surface area contributed by atoms with Crippen LogP contribution < -0.4 is 5.32 Å². The van der Waals surface area contributed by atoms with Crippen molar-refractivity contribution in [3.63, 3.8) is 0 Å². The topological polar surface area (TPSA) is 12.0 Å². The first kappa shape index (κ1) is 4.71. The van der Waals surface area contributed by atoms with Crippen LogP contribution in [0.2, 0.25) is 0 Å². The van der Waals surface area contributed by atoms with Crippen molar-refractivity contribution >= 4 is 12.6 Å². The first-order chi connectivity index (χ1) is 2.41. The van der Waals surface area contributed by atoms with Gasteiger partial charge in [-0.25, -0.2) is 0 Å². The molecule has 0 amide bonds. The summed E-state index contributed by atoms with van der Waals surface area (Å²) in [4.78, 5) is 0. The van der Waals surface area contributed by atoms with Crippen molar-refractivity contribution in [2.75, 3.05) is 7.05 Å². The second-order valence-corrected chi connectivity index (χ2v) is 0.710. The molecule has 0 atom stereocenters. The van der Waals surface area contributed by atoms with E-state index < -0.39 is 0 Å². The fourth-order valence-corrected chi connectivity index (χ4v) is 0.168. The maximum atomic E-state index is 3.58. The van der Waals surface area contributed by atoms with Gasteiger partial charge in [0.15, 0.2) is 0 Å². The third-order valence-electron chi connectivity index (χ3n) is 0.181. The number of rotatable bonds is 0. The molecule has 0 aliphatic carbocycles. The molecule has 0 radical (unpaired) electrons. The van der Waals surface area contributed by atoms with Crippen LogP contribution in [0, 0.1) is 11.3 Å². The molecule has 0 aromatic carbocycles. The van der Waals surface area contributed by atoms with E-state index in [2.05, 4.69) is 29.2 Å². The predicted octanol–water partition coefficient (Wildman–Crippen LogP) is 0.0540. The molecular weight excluding hydrogens is 82.1 g/mol. The van der Waals surface area contributed by atoms with Crippen LogP contribution in [0.4, 0.5) is 0 Å². The third kappa shape index (κ3) is 3.71. The van der Waals surface area contributed by atoms with Gasteiger partial charge in [-0.2, -0.15) is 0 Å². The van der Waals surface area contributed by atoms with E-state index in [9.17, 15) is 0 Å². The van der Waals surface area contributed by atoms with Crippen molar-refractivity contribution in [1.82, 2.24) is 5.32 Å². The van der Waals surface area contributed by atoms with Crippen LogP contribution in [0.15, 0.2) is 0 Å². The van der Waals surface area contributed by atoms with E-state index in [1.165, 1.54) is 0 Å². The molecule has 0 aliphatic rings. The van der Waals surface area contributed by atoms with Gasteiger partial charge in [0.2, 0.25) is 0 Å². The molecule has 5 heavy (non-hydrogen) atoms. The zero-order valence-corrected chi connectivity index (χ0v) is 3.84. The molecule has 0 aromatic rings. The summed E-state index contributed by atoms with van der Waals surface area (Å²) in [7, 11) is 1.74. The molecule has 0 aliphatic heterocycles. The van der Waals surface area contributed by atoms with E-state index in [4.69, 9.17) is 0 Å². The highest BCUT2D eigenvalue weighted by atomic mass is 32.1. The predicted molar refractivity (Wildman–Crippen MR) is 25.8 cm³/mol. The first-order valence-electron chi connectivity index (χ1n) is 1.22. The van der Waals surface area contributed by atoms with Gasteiger partial charge in [0.1, 0.15) is 0 Å². The smallest absolute Gasteiger partial charge is 0.0160 e. The van der Waals surface area contributed by atoms with Crippen LogP contribution in [0.5, 0.6) is 0 Å². The monoisotopic (exact) mass is 87.0 g/mol. The maximum Gasteiger partial charge on any atom is 0.0160 e. The van der Waals surface area contributed by atoms with Gasteiger partial charge in [0.25, 0.3) is 0 Å². The van der Waals surface area contributed by atoms with Crippen LogP contribution in [0.1, 0.15) is 0 Å². The van der Waals surface area contributed by atoms with Crippen molar-refractivity contribution in [3.8, 4) is 11.3 Å². The summed E-state index contributed by atoms with van der Waals surface area (Å²) in [5.74, 6) is 0. The van der Waals surface area contributed by atoms with Gasteiger partial charge in [-0.3, -0.25) is 0 Å². The molecule has 0 rings (SSSR count). The van der Waals surface area contributed by atoms with Crippen molar-refractivity contribution in [1.29, 1.82) is 0 Å². The van der Waals surface area contributed by atoms with Gasteiger partial charge < -0.3 is 5.32 Å². The minimum atomic E-state index is 1.74. The van der Waals surface area contributed by atoms with Gasteiger partial charge >= 0.3 is 0 Å². The second-order valence-electron chi connectivity index (χ2n) is 0.487. The zero-order chi connectivity index (χ0) is 4.12. The van der Waals surface area contributed by atoms with Gasteiger partial charge in [0.05, 0.1) is 0 Å². The third-order valence-corrected chi connectivity index (χ3v) is 0.293. The normalized spacial score (nSPS) is 4.40. The summed E-state index contributed by atoms with van der Waals surface area (Å²) < 4.78 is 0. The lowest BCUT2D eigenvalue weighted by Crippen LogP contribution is -1.90. The molecule has 0 heterocycles. The molecule has 0 bridgehead atoms. The lowest BCUT2D eigenvalue weighted by Gasteiger charge is -1.67. The minimum Gasteiger partial charge on any atom is -0.348 e. The summed E-state index contributed by atoms with van der Waals surface area (Å²) in [6.45, 7) is 0. The fraction of sp³-hybridized carbons (Fsp3) is 0.333. The van der Waals surface area contributed by atoms with Crippen LogP contribution in [0.3, 0.4) is 0 Å². The van der Waals surface area contributed by atoms with E-state index in [0.717, 1.165) is 0 Å². The summed E-state index contributed by atoms with van der Waals surface area (Å²) in [6.07, 6.45) is 0. The Morgan fingerprint density at radius 3 is 2.40 bits per heavy atom. The Balaban J connectivity index is 2.81. The Bertz CT molecular complexity index is 59.0. The second kappa shape index (κ2) is 3.71. The largest absolute Gasteiger partial charge is 0.348 e. The number of hydrogen-bond acceptors (Lipinski definition) is 2. The van der Waals surface area contributed by atoms with E-state index in [0.29, 0.717) is 0 Å². The van der Waals surface area contributed by atoms with Crippen molar-refractivity contribution in [2.24, 2.45) is 0 Å². The highest BCUT2D eigenvalue weighted by Gasteiger charge is 1.41. The van der Waals surface area contributed by atoms with Gasteiger partial charge in [-0.15, -0.1) is 0 Å². The lowest BCUT2D eigenvalue weighted by molar-refractivity contribution is 1.16. The molecule has 0 unspecified atom stereocenters. The van der Waals surface area contributed by atoms with Gasteiger partial charge in [-0.1, -0.05) is 12.6 Å². The average Bonchev–Trinajstić information content (AvgIpc) is 1.41. The highest BCUT2D eigenvalue weighted by Crippen LogP contribution is 1.52. The van der Waals surface area contributed by atoms with E-state index in [-0.39, 0.29) is 0 Å². The van der Waals surface area contributed by atoms with Crippen LogP contribution in [-0.2, 0) is 0 Å². The van der Waals surface area contributed by atoms with Gasteiger partial charge in [-0.05, 0) is 5.25 Å². The fourth-order valence-electron chi connectivity index (χ4n) is 0.0559. The molecule has 1 N–H and O–H groups in total. The molecule has 28 valence electrons. The SMILES string of the molecule is CNC#CS. The Morgan fingerprint density at radius 1 is 1.80 bits per heavy atom. The molecule has 0 aromatic heterocycles. The Morgan fingerprint density at radius 2 is 2.40 bits per heavy atom. The number of hydrogen-bond donors (Lipinski definition) is 2. The van der Waals surface area contributed by atoms with Crippen molar-refractivity contribution in [2.45, 2.75) is 0 Å². The van der Waals surface area contributed by atoms with E-state index in [1.54, 1.807) is 7.05 Å². The Labute approximate surface area is 37.2 Å². The maximum absolute atomic E-state index is 3.58. The number of nitrogens with one attached hydrogen (secondary N) is 1. The molecule has 0 saturated carbocycles. The number of thiol groups is 1. The minimum absolute atomic E-state index is 1.74. The Hall–Kier alpha value is -0.290. The van der Waals surface area contributed by atoms with E-state index in [1.807, 2.05) is 0 Å². The molecular formula is C3H5NS. The summed E-state index contributed by atoms with van der Waals surface area (Å²) in [5, 5.41) is 4.93. The molecule has 0 spiro atoms. The van der Waals surface area contributed by atoms with Crippen LogP contribution in [0.25, 0.3) is 0 Å². The van der Waals surface area contributed by atoms with E-state index >= 15 is 0 Å². The highest BCUT2D eigenvalue weighted by molar-refractivity contribution is 7.85. The summed E-state index contributed by atoms with van der Waals surface area (Å²) >= 11 is 3.58. The van der Waals surface area contributed by atoms with Crippen molar-refractivity contribution < 1.29 is 0 Å². The standard InChI is InChI=1S/C3H5NS/c1-4-2-3-5/h4-5H,1H3. The molecule has 0 fully saturated rings. The molecule has 0 saturated heterocycles. The molecule has 2 heteroatoms. The zero-order valence-electron chi connectivity index (χ0n) is 2.95.